The van der Waals surface area contributed by atoms with E-state index in [4.69, 9.17) is 15.2 Å². The van der Waals surface area contributed by atoms with Crippen LogP contribution in [0.15, 0.2) is 12.1 Å². The van der Waals surface area contributed by atoms with E-state index in [9.17, 15) is 18.4 Å². The predicted molar refractivity (Wildman–Crippen MR) is 79.4 cm³/mol. The lowest BCUT2D eigenvalue weighted by molar-refractivity contribution is -0.135. The van der Waals surface area contributed by atoms with Gasteiger partial charge in [0.05, 0.1) is 19.1 Å². The van der Waals surface area contributed by atoms with Crippen molar-refractivity contribution in [1.29, 1.82) is 0 Å². The molecule has 24 heavy (non-hydrogen) atoms. The molecule has 2 atom stereocenters. The summed E-state index contributed by atoms with van der Waals surface area (Å²) in [5.74, 6) is -3.86. The van der Waals surface area contributed by atoms with Gasteiger partial charge in [-0.15, -0.1) is 0 Å². The first-order valence-electron chi connectivity index (χ1n) is 7.59. The van der Waals surface area contributed by atoms with Crippen molar-refractivity contribution in [2.75, 3.05) is 33.4 Å². The lowest BCUT2D eigenvalue weighted by Gasteiger charge is -2.34. The van der Waals surface area contributed by atoms with Crippen molar-refractivity contribution in [1.82, 2.24) is 4.90 Å². The summed E-state index contributed by atoms with van der Waals surface area (Å²) in [7, 11) is 1.23. The van der Waals surface area contributed by atoms with Crippen LogP contribution >= 0.6 is 0 Å². The molecule has 8 heteroatoms. The number of carbonyl (C=O) groups excluding carboxylic acids is 2. The first-order valence-corrected chi connectivity index (χ1v) is 7.59. The number of hydrogen-bond donors (Lipinski definition) is 1. The molecule has 3 rings (SSSR count). The van der Waals surface area contributed by atoms with Crippen LogP contribution in [0.3, 0.4) is 0 Å². The van der Waals surface area contributed by atoms with Gasteiger partial charge in [0.25, 0.3) is 5.91 Å². The van der Waals surface area contributed by atoms with Gasteiger partial charge in [-0.05, 0) is 18.6 Å². The third-order valence-electron chi connectivity index (χ3n) is 4.97. The minimum absolute atomic E-state index is 0.0330. The molecule has 0 bridgehead atoms. The fourth-order valence-corrected chi connectivity index (χ4v) is 3.55. The van der Waals surface area contributed by atoms with E-state index in [1.54, 1.807) is 0 Å². The number of primary amides is 1. The van der Waals surface area contributed by atoms with Crippen LogP contribution in [0.2, 0.25) is 0 Å². The van der Waals surface area contributed by atoms with Gasteiger partial charge in [0, 0.05) is 25.6 Å². The number of fused-ring (bicyclic) bond motifs is 1. The summed E-state index contributed by atoms with van der Waals surface area (Å²) >= 11 is 0. The van der Waals surface area contributed by atoms with Crippen molar-refractivity contribution < 1.29 is 27.8 Å². The average Bonchev–Trinajstić information content (AvgIpc) is 2.96. The minimum Gasteiger partial charge on any atom is -0.494 e. The number of nitrogens with two attached hydrogens (primary N) is 1. The first kappa shape index (κ1) is 16.6. The summed E-state index contributed by atoms with van der Waals surface area (Å²) in [6.45, 7) is 0.849. The van der Waals surface area contributed by atoms with E-state index >= 15 is 0 Å². The number of rotatable bonds is 3. The molecule has 0 aliphatic carbocycles. The van der Waals surface area contributed by atoms with Gasteiger partial charge in [0.15, 0.2) is 11.6 Å². The Hall–Kier alpha value is -2.22. The van der Waals surface area contributed by atoms with Crippen LogP contribution in [0.1, 0.15) is 16.8 Å². The Morgan fingerprint density at radius 3 is 2.79 bits per heavy atom. The fourth-order valence-electron chi connectivity index (χ4n) is 3.55. The van der Waals surface area contributed by atoms with E-state index < -0.39 is 34.4 Å². The average molecular weight is 340 g/mol. The summed E-state index contributed by atoms with van der Waals surface area (Å²) in [5, 5.41) is 0. The highest BCUT2D eigenvalue weighted by atomic mass is 19.1. The number of carbonyl (C=O) groups is 2. The standard InChI is InChI=1S/C16H18F2N2O4/c1-23-11-3-2-10(17)12(13(11)18)14(21)20-6-9-7-24-5-4-16(9,8-20)15(19)22/h2-3,9H,4-8H2,1H3,(H2,19,22)/t9-,16+/m1/s1. The largest absolute Gasteiger partial charge is 0.494 e. The van der Waals surface area contributed by atoms with E-state index in [0.717, 1.165) is 12.1 Å². The van der Waals surface area contributed by atoms with Gasteiger partial charge in [0.1, 0.15) is 11.4 Å². The van der Waals surface area contributed by atoms with Gasteiger partial charge in [-0.25, -0.2) is 8.78 Å². The highest BCUT2D eigenvalue weighted by Gasteiger charge is 2.54. The molecule has 2 saturated heterocycles. The summed E-state index contributed by atoms with van der Waals surface area (Å²) in [6.07, 6.45) is 0.389. The molecule has 0 radical (unpaired) electrons. The number of amides is 2. The van der Waals surface area contributed by atoms with Crippen LogP contribution < -0.4 is 10.5 Å². The Morgan fingerprint density at radius 1 is 1.42 bits per heavy atom. The van der Waals surface area contributed by atoms with Crippen LogP contribution in [-0.2, 0) is 9.53 Å². The highest BCUT2D eigenvalue weighted by Crippen LogP contribution is 2.42. The van der Waals surface area contributed by atoms with E-state index in [1.807, 2.05) is 0 Å². The fraction of sp³-hybridized carbons (Fsp3) is 0.500. The lowest BCUT2D eigenvalue weighted by atomic mass is 9.74. The zero-order chi connectivity index (χ0) is 17.5. The van der Waals surface area contributed by atoms with Gasteiger partial charge in [-0.3, -0.25) is 9.59 Å². The molecule has 2 fully saturated rings. The molecule has 1 aromatic carbocycles. The van der Waals surface area contributed by atoms with Crippen LogP contribution in [-0.4, -0.2) is 50.1 Å². The zero-order valence-corrected chi connectivity index (χ0v) is 13.2. The number of benzene rings is 1. The molecular formula is C16H18F2N2O4. The lowest BCUT2D eigenvalue weighted by Crippen LogP contribution is -2.48. The van der Waals surface area contributed by atoms with Crippen LogP contribution in [0.4, 0.5) is 8.78 Å². The molecule has 6 nitrogen and oxygen atoms in total. The van der Waals surface area contributed by atoms with Crippen LogP contribution in [0.5, 0.6) is 5.75 Å². The summed E-state index contributed by atoms with van der Waals surface area (Å²) in [5.41, 5.74) is 3.96. The van der Waals surface area contributed by atoms with Crippen molar-refractivity contribution in [2.24, 2.45) is 17.1 Å². The predicted octanol–water partition coefficient (Wildman–Crippen LogP) is 0.937. The zero-order valence-electron chi connectivity index (χ0n) is 13.2. The monoisotopic (exact) mass is 340 g/mol. The number of ether oxygens (including phenoxy) is 2. The molecule has 0 aromatic heterocycles. The Morgan fingerprint density at radius 2 is 2.17 bits per heavy atom. The Labute approximate surface area is 137 Å². The van der Waals surface area contributed by atoms with Crippen LogP contribution in [0.25, 0.3) is 0 Å². The van der Waals surface area contributed by atoms with Gasteiger partial charge in [0.2, 0.25) is 5.91 Å². The molecule has 2 aliphatic rings. The van der Waals surface area contributed by atoms with Gasteiger partial charge in [-0.2, -0.15) is 0 Å². The maximum absolute atomic E-state index is 14.3. The second-order valence-corrected chi connectivity index (χ2v) is 6.17. The van der Waals surface area contributed by atoms with Crippen molar-refractivity contribution in [3.63, 3.8) is 0 Å². The van der Waals surface area contributed by atoms with E-state index in [2.05, 4.69) is 0 Å². The van der Waals surface area contributed by atoms with Crippen molar-refractivity contribution in [3.05, 3.63) is 29.3 Å². The Kier molecular flexibility index (Phi) is 4.16. The summed E-state index contributed by atoms with van der Waals surface area (Å²) in [6, 6.07) is 2.09. The molecule has 0 unspecified atom stereocenters. The molecule has 130 valence electrons. The normalized spacial score (nSPS) is 26.1. The van der Waals surface area contributed by atoms with Crippen LogP contribution in [0, 0.1) is 23.0 Å². The van der Waals surface area contributed by atoms with E-state index in [0.29, 0.717) is 13.0 Å². The molecule has 2 aliphatic heterocycles. The number of halogens is 2. The van der Waals surface area contributed by atoms with E-state index in [1.165, 1.54) is 12.0 Å². The smallest absolute Gasteiger partial charge is 0.260 e. The number of nitrogens with zero attached hydrogens (tertiary/aromatic N) is 1. The third-order valence-corrected chi connectivity index (χ3v) is 4.97. The Bertz CT molecular complexity index is 697. The van der Waals surface area contributed by atoms with Gasteiger partial charge in [-0.1, -0.05) is 0 Å². The molecular weight excluding hydrogens is 322 g/mol. The topological polar surface area (TPSA) is 81.9 Å². The van der Waals surface area contributed by atoms with Crippen molar-refractivity contribution >= 4 is 11.8 Å². The van der Waals surface area contributed by atoms with Crippen molar-refractivity contribution in [2.45, 2.75) is 6.42 Å². The van der Waals surface area contributed by atoms with Crippen molar-refractivity contribution in [3.8, 4) is 5.75 Å². The molecule has 2 heterocycles. The number of methoxy groups -OCH3 is 1. The first-order chi connectivity index (χ1) is 11.4. The molecule has 2 amide bonds. The summed E-state index contributed by atoms with van der Waals surface area (Å²) < 4.78 is 38.5. The molecule has 0 saturated carbocycles. The second kappa shape index (κ2) is 6.01. The summed E-state index contributed by atoms with van der Waals surface area (Å²) in [4.78, 5) is 25.9. The van der Waals surface area contributed by atoms with E-state index in [-0.39, 0.29) is 31.4 Å². The second-order valence-electron chi connectivity index (χ2n) is 6.17. The highest BCUT2D eigenvalue weighted by molar-refractivity contribution is 5.96. The Balaban J connectivity index is 1.94. The SMILES string of the molecule is COc1ccc(F)c(C(=O)N2C[C@@H]3COCC[C@]3(C(N)=O)C2)c1F. The molecule has 1 aromatic rings. The van der Waals surface area contributed by atoms with Gasteiger partial charge < -0.3 is 20.1 Å². The molecule has 2 N–H and O–H groups in total. The maximum atomic E-state index is 14.3. The quantitative estimate of drug-likeness (QED) is 0.888. The number of hydrogen-bond acceptors (Lipinski definition) is 4. The number of likely N-dealkylation sites (tertiary alicyclic amines) is 1. The maximum Gasteiger partial charge on any atom is 0.260 e. The minimum atomic E-state index is -1.05. The van der Waals surface area contributed by atoms with Gasteiger partial charge >= 0.3 is 0 Å². The molecule has 0 spiro atoms. The third kappa shape index (κ3) is 2.41.